The number of carbonyl (C=O) groups is 1. The fourth-order valence-corrected chi connectivity index (χ4v) is 3.95. The van der Waals surface area contributed by atoms with E-state index in [1.807, 2.05) is 54.3 Å². The lowest BCUT2D eigenvalue weighted by atomic mass is 10.0. The van der Waals surface area contributed by atoms with Gasteiger partial charge in [0, 0.05) is 37.8 Å². The molecule has 0 aliphatic carbocycles. The molecule has 0 N–H and O–H groups in total. The van der Waals surface area contributed by atoms with Gasteiger partial charge < -0.3 is 14.5 Å². The summed E-state index contributed by atoms with van der Waals surface area (Å²) in [6.07, 6.45) is 1.61. The van der Waals surface area contributed by atoms with Crippen LogP contribution in [0.2, 0.25) is 0 Å². The van der Waals surface area contributed by atoms with Crippen LogP contribution in [0, 0.1) is 6.92 Å². The maximum Gasteiger partial charge on any atom is 0.260 e. The number of anilines is 1. The molecule has 0 spiro atoms. The maximum atomic E-state index is 12.8. The largest absolute Gasteiger partial charge is 0.483 e. The molecule has 6 heteroatoms. The third-order valence-corrected chi connectivity index (χ3v) is 5.82. The number of nitrogens with zero attached hydrogens (tertiary/aromatic N) is 4. The molecule has 1 saturated heterocycles. The lowest BCUT2D eigenvalue weighted by Gasteiger charge is -2.35. The molecule has 0 unspecified atom stereocenters. The van der Waals surface area contributed by atoms with Crippen molar-refractivity contribution in [3.63, 3.8) is 0 Å². The molecule has 32 heavy (non-hydrogen) atoms. The molecule has 1 fully saturated rings. The zero-order valence-corrected chi connectivity index (χ0v) is 19.0. The fourth-order valence-electron chi connectivity index (χ4n) is 3.95. The molecule has 2 aromatic carbocycles. The topological polar surface area (TPSA) is 58.6 Å². The molecule has 0 atom stereocenters. The van der Waals surface area contributed by atoms with E-state index in [2.05, 4.69) is 40.8 Å². The Balaban J connectivity index is 1.34. The lowest BCUT2D eigenvalue weighted by Crippen LogP contribution is -2.50. The molecule has 1 aromatic heterocycles. The molecule has 1 amide bonds. The van der Waals surface area contributed by atoms with Crippen LogP contribution in [0.5, 0.6) is 5.75 Å². The van der Waals surface area contributed by atoms with Gasteiger partial charge in [0.05, 0.1) is 5.69 Å². The van der Waals surface area contributed by atoms with Crippen molar-refractivity contribution in [1.29, 1.82) is 0 Å². The first-order valence-corrected chi connectivity index (χ1v) is 11.1. The van der Waals surface area contributed by atoms with Crippen LogP contribution < -0.4 is 9.64 Å². The number of hydrogen-bond donors (Lipinski definition) is 0. The average Bonchev–Trinajstić information content (AvgIpc) is 2.83. The third kappa shape index (κ3) is 5.07. The summed E-state index contributed by atoms with van der Waals surface area (Å²) >= 11 is 0. The number of rotatable bonds is 6. The van der Waals surface area contributed by atoms with Crippen molar-refractivity contribution in [2.24, 2.45) is 0 Å². The molecule has 4 rings (SSSR count). The molecule has 6 nitrogen and oxygen atoms in total. The Bertz CT molecular complexity index is 1060. The summed E-state index contributed by atoms with van der Waals surface area (Å²) in [4.78, 5) is 25.7. The summed E-state index contributed by atoms with van der Waals surface area (Å²) in [5.41, 5.74) is 4.23. The summed E-state index contributed by atoms with van der Waals surface area (Å²) in [6.45, 7) is 9.14. The highest BCUT2D eigenvalue weighted by Gasteiger charge is 2.23. The van der Waals surface area contributed by atoms with Gasteiger partial charge in [-0.15, -0.1) is 0 Å². The molecular formula is C26H30N4O2. The van der Waals surface area contributed by atoms with Gasteiger partial charge >= 0.3 is 0 Å². The van der Waals surface area contributed by atoms with Crippen LogP contribution >= 0.6 is 0 Å². The quantitative estimate of drug-likeness (QED) is 0.583. The van der Waals surface area contributed by atoms with Gasteiger partial charge in [-0.2, -0.15) is 0 Å². The van der Waals surface area contributed by atoms with E-state index in [0.717, 1.165) is 47.0 Å². The Hall–Kier alpha value is -3.41. The maximum absolute atomic E-state index is 12.8. The number of carbonyl (C=O) groups excluding carboxylic acids is 1. The van der Waals surface area contributed by atoms with Crippen molar-refractivity contribution in [2.75, 3.05) is 37.7 Å². The first-order valence-electron chi connectivity index (χ1n) is 11.1. The smallest absolute Gasteiger partial charge is 0.260 e. The van der Waals surface area contributed by atoms with Crippen LogP contribution in [0.25, 0.3) is 11.3 Å². The molecular weight excluding hydrogens is 400 g/mol. The monoisotopic (exact) mass is 430 g/mol. The van der Waals surface area contributed by atoms with Crippen molar-refractivity contribution in [3.05, 3.63) is 72.1 Å². The van der Waals surface area contributed by atoms with Crippen LogP contribution in [-0.2, 0) is 4.79 Å². The summed E-state index contributed by atoms with van der Waals surface area (Å²) in [6, 6.07) is 18.3. The minimum Gasteiger partial charge on any atom is -0.483 e. The average molecular weight is 431 g/mol. The van der Waals surface area contributed by atoms with E-state index in [1.54, 1.807) is 6.33 Å². The van der Waals surface area contributed by atoms with Crippen molar-refractivity contribution >= 4 is 11.7 Å². The molecule has 166 valence electrons. The van der Waals surface area contributed by atoms with Crippen molar-refractivity contribution < 1.29 is 9.53 Å². The van der Waals surface area contributed by atoms with E-state index in [1.165, 1.54) is 0 Å². The number of aryl methyl sites for hydroxylation is 1. The van der Waals surface area contributed by atoms with Gasteiger partial charge in [0.1, 0.15) is 17.9 Å². The van der Waals surface area contributed by atoms with Crippen LogP contribution in [0.1, 0.15) is 30.9 Å². The number of hydrogen-bond acceptors (Lipinski definition) is 5. The zero-order chi connectivity index (χ0) is 22.5. The highest BCUT2D eigenvalue weighted by Crippen LogP contribution is 2.27. The molecule has 2 heterocycles. The van der Waals surface area contributed by atoms with E-state index >= 15 is 0 Å². The van der Waals surface area contributed by atoms with E-state index < -0.39 is 0 Å². The minimum atomic E-state index is 0.0218. The first-order chi connectivity index (χ1) is 15.5. The Morgan fingerprint density at radius 3 is 2.47 bits per heavy atom. The number of ether oxygens (including phenoxy) is 1. The Kier molecular flexibility index (Phi) is 6.69. The number of benzene rings is 2. The predicted octanol–water partition coefficient (Wildman–Crippen LogP) is 4.30. The Morgan fingerprint density at radius 2 is 1.75 bits per heavy atom. The van der Waals surface area contributed by atoms with Crippen LogP contribution in [-0.4, -0.2) is 53.6 Å². The van der Waals surface area contributed by atoms with Crippen LogP contribution in [0.3, 0.4) is 0 Å². The highest BCUT2D eigenvalue weighted by molar-refractivity contribution is 5.78. The zero-order valence-electron chi connectivity index (χ0n) is 19.0. The molecule has 0 saturated carbocycles. The molecule has 0 bridgehead atoms. The lowest BCUT2D eigenvalue weighted by molar-refractivity contribution is -0.133. The van der Waals surface area contributed by atoms with Gasteiger partial charge in [-0.3, -0.25) is 4.79 Å². The predicted molar refractivity (Wildman–Crippen MR) is 127 cm³/mol. The molecule has 1 aliphatic heterocycles. The van der Waals surface area contributed by atoms with Crippen LogP contribution in [0.15, 0.2) is 60.9 Å². The number of amides is 1. The summed E-state index contributed by atoms with van der Waals surface area (Å²) < 4.78 is 5.95. The van der Waals surface area contributed by atoms with E-state index in [-0.39, 0.29) is 12.5 Å². The van der Waals surface area contributed by atoms with Gasteiger partial charge in [-0.1, -0.05) is 56.3 Å². The Morgan fingerprint density at radius 1 is 1.00 bits per heavy atom. The van der Waals surface area contributed by atoms with Gasteiger partial charge in [0.15, 0.2) is 6.61 Å². The van der Waals surface area contributed by atoms with E-state index in [9.17, 15) is 4.79 Å². The van der Waals surface area contributed by atoms with Crippen molar-refractivity contribution in [3.8, 4) is 17.0 Å². The third-order valence-electron chi connectivity index (χ3n) is 5.82. The fraction of sp³-hybridized carbons (Fsp3) is 0.346. The summed E-state index contributed by atoms with van der Waals surface area (Å²) in [5.74, 6) is 2.07. The van der Waals surface area contributed by atoms with E-state index in [0.29, 0.717) is 19.0 Å². The summed E-state index contributed by atoms with van der Waals surface area (Å²) in [5, 5.41) is 0. The van der Waals surface area contributed by atoms with Gasteiger partial charge in [0.2, 0.25) is 0 Å². The number of piperazine rings is 1. The standard InChI is InChI=1S/C26H30N4O2/c1-19(2)22-10-9-20(3)15-24(22)32-17-26(31)30-13-11-29(12-14-30)25-16-23(27-18-28-25)21-7-5-4-6-8-21/h4-10,15-16,18-19H,11-14,17H2,1-3H3. The first kappa shape index (κ1) is 21.8. The second-order valence-electron chi connectivity index (χ2n) is 8.48. The van der Waals surface area contributed by atoms with Gasteiger partial charge in [0.25, 0.3) is 5.91 Å². The SMILES string of the molecule is Cc1ccc(C(C)C)c(OCC(=O)N2CCN(c3cc(-c4ccccc4)ncn3)CC2)c1. The van der Waals surface area contributed by atoms with Gasteiger partial charge in [-0.05, 0) is 30.0 Å². The highest BCUT2D eigenvalue weighted by atomic mass is 16.5. The van der Waals surface area contributed by atoms with Gasteiger partial charge in [-0.25, -0.2) is 9.97 Å². The van der Waals surface area contributed by atoms with Crippen LogP contribution in [0.4, 0.5) is 5.82 Å². The molecule has 3 aromatic rings. The number of aromatic nitrogens is 2. The van der Waals surface area contributed by atoms with Crippen molar-refractivity contribution in [1.82, 2.24) is 14.9 Å². The summed E-state index contributed by atoms with van der Waals surface area (Å²) in [7, 11) is 0. The van der Waals surface area contributed by atoms with Crippen molar-refractivity contribution in [2.45, 2.75) is 26.7 Å². The minimum absolute atomic E-state index is 0.0218. The second-order valence-corrected chi connectivity index (χ2v) is 8.48. The Labute approximate surface area is 189 Å². The molecule has 1 aliphatic rings. The normalized spacial score (nSPS) is 14.0. The van der Waals surface area contributed by atoms with E-state index in [4.69, 9.17) is 4.74 Å². The molecule has 0 radical (unpaired) electrons. The second kappa shape index (κ2) is 9.81.